The summed E-state index contributed by atoms with van der Waals surface area (Å²) in [5.41, 5.74) is 0. The summed E-state index contributed by atoms with van der Waals surface area (Å²) in [5.74, 6) is -0.891. The Morgan fingerprint density at radius 3 is 2.19 bits per heavy atom. The largest absolute Gasteiger partial charge is 0.261 e. The van der Waals surface area contributed by atoms with Crippen LogP contribution in [0.25, 0.3) is 0 Å². The van der Waals surface area contributed by atoms with E-state index in [4.69, 9.17) is 10.7 Å². The highest BCUT2D eigenvalue weighted by atomic mass is 35.7. The molecule has 0 fully saturated rings. The van der Waals surface area contributed by atoms with Crippen LogP contribution in [-0.4, -0.2) is 22.9 Å². The van der Waals surface area contributed by atoms with E-state index in [1.165, 1.54) is 0 Å². The van der Waals surface area contributed by atoms with E-state index in [1.54, 1.807) is 6.92 Å². The smallest absolute Gasteiger partial charge is 0.208 e. The zero-order valence-electron chi connectivity index (χ0n) is 11.8. The van der Waals surface area contributed by atoms with Crippen LogP contribution in [0.15, 0.2) is 28.0 Å². The lowest BCUT2D eigenvalue weighted by molar-refractivity contribution is 0.479. The van der Waals surface area contributed by atoms with Gasteiger partial charge in [0.25, 0.3) is 9.05 Å². The van der Waals surface area contributed by atoms with Gasteiger partial charge >= 0.3 is 0 Å². The summed E-state index contributed by atoms with van der Waals surface area (Å²) in [6.07, 6.45) is 0.592. The molecule has 1 rings (SSSR count). The fourth-order valence-electron chi connectivity index (χ4n) is 1.93. The van der Waals surface area contributed by atoms with Crippen LogP contribution in [0, 0.1) is 11.7 Å². The highest BCUT2D eigenvalue weighted by Crippen LogP contribution is 2.22. The molecule has 5 nitrogen and oxygen atoms in total. The second-order valence-electron chi connectivity index (χ2n) is 5.18. The van der Waals surface area contributed by atoms with Crippen molar-refractivity contribution in [3.05, 3.63) is 24.0 Å². The fourth-order valence-corrected chi connectivity index (χ4v) is 4.01. The average Bonchev–Trinajstić information content (AvgIpc) is 2.24. The van der Waals surface area contributed by atoms with Crippen LogP contribution in [-0.2, 0) is 19.1 Å². The predicted octanol–water partition coefficient (Wildman–Crippen LogP) is 2.47. The molecule has 0 heterocycles. The number of hydrogen-bond acceptors (Lipinski definition) is 4. The molecule has 0 aliphatic carbocycles. The third kappa shape index (κ3) is 5.21. The Kier molecular flexibility index (Phi) is 5.76. The van der Waals surface area contributed by atoms with Crippen molar-refractivity contribution in [1.82, 2.24) is 4.72 Å². The summed E-state index contributed by atoms with van der Waals surface area (Å²) < 4.78 is 62.5. The molecule has 0 spiro atoms. The molecule has 9 heteroatoms. The van der Waals surface area contributed by atoms with Crippen LogP contribution in [0.1, 0.15) is 27.2 Å². The number of nitrogens with one attached hydrogen (secondary N) is 1. The molecule has 1 atom stereocenters. The summed E-state index contributed by atoms with van der Waals surface area (Å²) in [4.78, 5) is -1.10. The zero-order valence-corrected chi connectivity index (χ0v) is 14.2. The molecule has 1 aromatic carbocycles. The zero-order chi connectivity index (χ0) is 16.4. The Hall–Kier alpha value is -0.700. The van der Waals surface area contributed by atoms with Gasteiger partial charge in [-0.15, -0.1) is 0 Å². The highest BCUT2D eigenvalue weighted by Gasteiger charge is 2.23. The molecule has 0 bridgehead atoms. The quantitative estimate of drug-likeness (QED) is 0.793. The van der Waals surface area contributed by atoms with Gasteiger partial charge in [-0.3, -0.25) is 0 Å². The Morgan fingerprint density at radius 1 is 1.19 bits per heavy atom. The van der Waals surface area contributed by atoms with Crippen LogP contribution in [0.3, 0.4) is 0 Å². The van der Waals surface area contributed by atoms with Crippen molar-refractivity contribution < 1.29 is 21.2 Å². The van der Waals surface area contributed by atoms with Crippen molar-refractivity contribution in [1.29, 1.82) is 0 Å². The third-order valence-corrected chi connectivity index (χ3v) is 5.63. The SMILES string of the molecule is CC(C)CC(C)NS(=O)(=O)c1ccc(S(=O)(=O)Cl)cc1F. The van der Waals surface area contributed by atoms with Crippen molar-refractivity contribution in [2.45, 2.75) is 43.0 Å². The van der Waals surface area contributed by atoms with Crippen molar-refractivity contribution in [3.63, 3.8) is 0 Å². The Labute approximate surface area is 129 Å². The molecule has 0 amide bonds. The predicted molar refractivity (Wildman–Crippen MR) is 78.7 cm³/mol. The van der Waals surface area contributed by atoms with Gasteiger partial charge in [-0.1, -0.05) is 13.8 Å². The number of hydrogen-bond donors (Lipinski definition) is 1. The topological polar surface area (TPSA) is 80.3 Å². The van der Waals surface area contributed by atoms with E-state index < -0.39 is 34.7 Å². The maximum Gasteiger partial charge on any atom is 0.261 e. The molecule has 21 heavy (non-hydrogen) atoms. The lowest BCUT2D eigenvalue weighted by atomic mass is 10.1. The average molecular weight is 358 g/mol. The number of halogens is 2. The van der Waals surface area contributed by atoms with Crippen LogP contribution < -0.4 is 4.72 Å². The molecule has 0 radical (unpaired) electrons. The van der Waals surface area contributed by atoms with E-state index in [0.717, 1.165) is 12.1 Å². The van der Waals surface area contributed by atoms with Gasteiger partial charge < -0.3 is 0 Å². The lowest BCUT2D eigenvalue weighted by Gasteiger charge is -2.16. The van der Waals surface area contributed by atoms with Crippen molar-refractivity contribution in [3.8, 4) is 0 Å². The molecule has 0 aliphatic heterocycles. The molecule has 0 saturated carbocycles. The third-order valence-electron chi connectivity index (χ3n) is 2.66. The minimum Gasteiger partial charge on any atom is -0.208 e. The maximum atomic E-state index is 13.8. The maximum absolute atomic E-state index is 13.8. The van der Waals surface area contributed by atoms with E-state index in [-0.39, 0.29) is 12.0 Å². The van der Waals surface area contributed by atoms with Gasteiger partial charge in [-0.2, -0.15) is 0 Å². The van der Waals surface area contributed by atoms with E-state index in [2.05, 4.69) is 4.72 Å². The first kappa shape index (κ1) is 18.3. The summed E-state index contributed by atoms with van der Waals surface area (Å²) in [7, 11) is -3.09. The van der Waals surface area contributed by atoms with E-state index in [1.807, 2.05) is 13.8 Å². The van der Waals surface area contributed by atoms with Gasteiger partial charge in [-0.05, 0) is 37.5 Å². The van der Waals surface area contributed by atoms with Gasteiger partial charge in [0.15, 0.2) is 0 Å². The van der Waals surface area contributed by atoms with Crippen LogP contribution in [0.5, 0.6) is 0 Å². The molecule has 1 aromatic rings. The lowest BCUT2D eigenvalue weighted by Crippen LogP contribution is -2.34. The fraction of sp³-hybridized carbons (Fsp3) is 0.500. The second kappa shape index (κ2) is 6.60. The van der Waals surface area contributed by atoms with Crippen LogP contribution in [0.2, 0.25) is 0 Å². The van der Waals surface area contributed by atoms with E-state index >= 15 is 0 Å². The summed E-state index contributed by atoms with van der Waals surface area (Å²) >= 11 is 0. The molecule has 1 unspecified atom stereocenters. The van der Waals surface area contributed by atoms with Crippen LogP contribution >= 0.6 is 10.7 Å². The Bertz CT molecular complexity index is 717. The van der Waals surface area contributed by atoms with E-state index in [0.29, 0.717) is 12.5 Å². The monoisotopic (exact) mass is 357 g/mol. The van der Waals surface area contributed by atoms with Crippen molar-refractivity contribution >= 4 is 29.8 Å². The van der Waals surface area contributed by atoms with Crippen LogP contribution in [0.4, 0.5) is 4.39 Å². The van der Waals surface area contributed by atoms with Crippen molar-refractivity contribution in [2.75, 3.05) is 0 Å². The Morgan fingerprint density at radius 2 is 1.76 bits per heavy atom. The van der Waals surface area contributed by atoms with E-state index in [9.17, 15) is 21.2 Å². The van der Waals surface area contributed by atoms with Gasteiger partial charge in [0.05, 0.1) is 4.90 Å². The molecule has 1 N–H and O–H groups in total. The first-order valence-corrected chi connectivity index (χ1v) is 9.99. The Balaban J connectivity index is 3.10. The molecule has 0 aliphatic rings. The molecule has 0 saturated heterocycles. The van der Waals surface area contributed by atoms with Gasteiger partial charge in [0, 0.05) is 16.7 Å². The number of benzene rings is 1. The summed E-state index contributed by atoms with van der Waals surface area (Å²) in [6, 6.07) is 2.05. The second-order valence-corrected chi connectivity index (χ2v) is 9.43. The molecule has 120 valence electrons. The normalized spacial score (nSPS) is 14.4. The van der Waals surface area contributed by atoms with Gasteiger partial charge in [0.1, 0.15) is 10.7 Å². The van der Waals surface area contributed by atoms with Gasteiger partial charge in [0.2, 0.25) is 10.0 Å². The minimum atomic E-state index is -4.11. The first-order valence-electron chi connectivity index (χ1n) is 6.20. The standard InChI is InChI=1S/C12H17ClFNO4S2/c1-8(2)6-9(3)15-21(18,19)12-5-4-10(7-11(12)14)20(13,16)17/h4-5,7-9,15H,6H2,1-3H3. The number of rotatable bonds is 6. The molecule has 0 aromatic heterocycles. The highest BCUT2D eigenvalue weighted by molar-refractivity contribution is 8.13. The minimum absolute atomic E-state index is 0.274. The van der Waals surface area contributed by atoms with Gasteiger partial charge in [-0.25, -0.2) is 25.9 Å². The summed E-state index contributed by atoms with van der Waals surface area (Å²) in [6.45, 7) is 5.55. The summed E-state index contributed by atoms with van der Waals surface area (Å²) in [5, 5.41) is 0. The molecular formula is C12H17ClFNO4S2. The number of sulfonamides is 1. The first-order chi connectivity index (χ1) is 9.43. The molecular weight excluding hydrogens is 341 g/mol. The van der Waals surface area contributed by atoms with Crippen molar-refractivity contribution in [2.24, 2.45) is 5.92 Å².